The highest BCUT2D eigenvalue weighted by Crippen LogP contribution is 2.37. The van der Waals surface area contributed by atoms with Gasteiger partial charge in [0.1, 0.15) is 0 Å². The molecular formula is C18H22N2O. The van der Waals surface area contributed by atoms with Gasteiger partial charge in [-0.3, -0.25) is 4.79 Å². The summed E-state index contributed by atoms with van der Waals surface area (Å²) in [6.07, 6.45) is 13.2. The Balaban J connectivity index is 2.05. The number of amides is 1. The molecule has 1 amide bonds. The van der Waals surface area contributed by atoms with Crippen LogP contribution in [0.5, 0.6) is 0 Å². The molecule has 0 spiro atoms. The lowest BCUT2D eigenvalue weighted by atomic mass is 9.84. The molecule has 2 aliphatic rings. The van der Waals surface area contributed by atoms with Gasteiger partial charge >= 0.3 is 0 Å². The molecular weight excluding hydrogens is 260 g/mol. The number of hydrogen-bond acceptors (Lipinski definition) is 1. The summed E-state index contributed by atoms with van der Waals surface area (Å²) in [5.74, 6) is 0.0298. The first-order chi connectivity index (χ1) is 10.0. The number of hydrogen-bond donors (Lipinski definition) is 2. The number of H-pyrrole nitrogens is 1. The molecule has 1 aromatic rings. The van der Waals surface area contributed by atoms with Crippen LogP contribution in [0.4, 0.5) is 0 Å². The van der Waals surface area contributed by atoms with Crippen molar-refractivity contribution in [3.63, 3.8) is 0 Å². The molecule has 3 heteroatoms. The smallest absolute Gasteiger partial charge is 0.252 e. The van der Waals surface area contributed by atoms with E-state index in [1.54, 1.807) is 0 Å². The molecule has 0 bridgehead atoms. The molecule has 1 saturated heterocycles. The van der Waals surface area contributed by atoms with Crippen molar-refractivity contribution in [1.29, 1.82) is 0 Å². The maximum absolute atomic E-state index is 12.4. The molecule has 0 aromatic carbocycles. The fourth-order valence-electron chi connectivity index (χ4n) is 3.28. The number of aromatic nitrogens is 1. The number of aromatic amines is 1. The van der Waals surface area contributed by atoms with Gasteiger partial charge in [-0.15, -0.1) is 0 Å². The lowest BCUT2D eigenvalue weighted by molar-refractivity contribution is -0.117. The Kier molecular flexibility index (Phi) is 3.36. The second-order valence-corrected chi connectivity index (χ2v) is 6.17. The quantitative estimate of drug-likeness (QED) is 0.820. The largest absolute Gasteiger partial charge is 0.361 e. The van der Waals surface area contributed by atoms with Crippen LogP contribution in [0.1, 0.15) is 43.5 Å². The molecule has 2 heterocycles. The van der Waals surface area contributed by atoms with Crippen molar-refractivity contribution in [3.8, 4) is 0 Å². The summed E-state index contributed by atoms with van der Waals surface area (Å²) in [5, 5.41) is 3.12. The van der Waals surface area contributed by atoms with Gasteiger partial charge in [0.05, 0.1) is 5.54 Å². The zero-order valence-electron chi connectivity index (χ0n) is 12.9. The summed E-state index contributed by atoms with van der Waals surface area (Å²) in [4.78, 5) is 15.7. The molecule has 0 radical (unpaired) electrons. The molecule has 2 N–H and O–H groups in total. The number of carbonyl (C=O) groups excluding carboxylic acids is 1. The van der Waals surface area contributed by atoms with Crippen LogP contribution in [0.3, 0.4) is 0 Å². The molecule has 1 aromatic heterocycles. The first kappa shape index (κ1) is 13.9. The Hall–Kier alpha value is -2.03. The normalized spacial score (nSPS) is 26.0. The summed E-state index contributed by atoms with van der Waals surface area (Å²) in [5.41, 5.74) is 5.30. The van der Waals surface area contributed by atoms with Crippen molar-refractivity contribution in [3.05, 3.63) is 52.4 Å². The topological polar surface area (TPSA) is 44.9 Å². The van der Waals surface area contributed by atoms with Crippen LogP contribution in [0.25, 0.3) is 6.08 Å². The Labute approximate surface area is 125 Å². The van der Waals surface area contributed by atoms with E-state index in [2.05, 4.69) is 43.2 Å². The zero-order valence-corrected chi connectivity index (χ0v) is 12.9. The third kappa shape index (κ3) is 2.27. The van der Waals surface area contributed by atoms with Crippen LogP contribution in [-0.4, -0.2) is 16.4 Å². The van der Waals surface area contributed by atoms with Gasteiger partial charge in [0, 0.05) is 17.5 Å². The third-order valence-corrected chi connectivity index (χ3v) is 4.48. The summed E-state index contributed by atoms with van der Waals surface area (Å²) < 4.78 is 0. The molecule has 1 fully saturated rings. The predicted molar refractivity (Wildman–Crippen MR) is 85.9 cm³/mol. The van der Waals surface area contributed by atoms with Crippen molar-refractivity contribution < 1.29 is 4.79 Å². The zero-order chi connectivity index (χ0) is 15.0. The number of carbonyl (C=O) groups is 1. The monoisotopic (exact) mass is 282 g/mol. The van der Waals surface area contributed by atoms with Gasteiger partial charge in [0.2, 0.25) is 0 Å². The number of aryl methyl sites for hydroxylation is 1. The van der Waals surface area contributed by atoms with Crippen molar-refractivity contribution in [2.45, 2.75) is 45.6 Å². The average molecular weight is 282 g/mol. The van der Waals surface area contributed by atoms with E-state index in [4.69, 9.17) is 0 Å². The molecule has 0 saturated carbocycles. The van der Waals surface area contributed by atoms with E-state index >= 15 is 0 Å². The molecule has 1 aliphatic heterocycles. The van der Waals surface area contributed by atoms with E-state index in [1.165, 1.54) is 11.1 Å². The Morgan fingerprint density at radius 2 is 2.24 bits per heavy atom. The second kappa shape index (κ2) is 5.06. The van der Waals surface area contributed by atoms with Crippen LogP contribution < -0.4 is 5.32 Å². The fourth-order valence-corrected chi connectivity index (χ4v) is 3.28. The first-order valence-electron chi connectivity index (χ1n) is 7.64. The van der Waals surface area contributed by atoms with Crippen LogP contribution in [0.15, 0.2) is 35.6 Å². The van der Waals surface area contributed by atoms with Gasteiger partial charge in [0.25, 0.3) is 5.91 Å². The number of rotatable bonds is 3. The molecule has 3 nitrogen and oxygen atoms in total. The summed E-state index contributed by atoms with van der Waals surface area (Å²) in [6.45, 7) is 6.39. The summed E-state index contributed by atoms with van der Waals surface area (Å²) >= 11 is 0. The maximum atomic E-state index is 12.4. The van der Waals surface area contributed by atoms with Crippen molar-refractivity contribution >= 4 is 12.0 Å². The highest BCUT2D eigenvalue weighted by atomic mass is 16.2. The van der Waals surface area contributed by atoms with E-state index < -0.39 is 0 Å². The van der Waals surface area contributed by atoms with Crippen LogP contribution in [-0.2, 0) is 11.2 Å². The van der Waals surface area contributed by atoms with Crippen LogP contribution in [0, 0.1) is 6.92 Å². The minimum absolute atomic E-state index is 0.0298. The molecule has 1 aliphatic carbocycles. The van der Waals surface area contributed by atoms with E-state index in [0.717, 1.165) is 36.1 Å². The second-order valence-electron chi connectivity index (χ2n) is 6.17. The van der Waals surface area contributed by atoms with Gasteiger partial charge in [0.15, 0.2) is 0 Å². The van der Waals surface area contributed by atoms with E-state index in [1.807, 2.05) is 18.3 Å². The number of allylic oxidation sites excluding steroid dienone is 2. The SMILES string of the molecule is CCCc1c(C)c[nH]c1/C=C1\C(=O)NC2(C)CC=CC=C12. The fraction of sp³-hybridized carbons (Fsp3) is 0.389. The highest BCUT2D eigenvalue weighted by Gasteiger charge is 2.41. The summed E-state index contributed by atoms with van der Waals surface area (Å²) in [6, 6.07) is 0. The number of fused-ring (bicyclic) bond motifs is 1. The lowest BCUT2D eigenvalue weighted by Gasteiger charge is -2.26. The van der Waals surface area contributed by atoms with Gasteiger partial charge < -0.3 is 10.3 Å². The Bertz CT molecular complexity index is 675. The minimum Gasteiger partial charge on any atom is -0.361 e. The molecule has 1 unspecified atom stereocenters. The van der Waals surface area contributed by atoms with E-state index in [0.29, 0.717) is 0 Å². The lowest BCUT2D eigenvalue weighted by Crippen LogP contribution is -2.39. The van der Waals surface area contributed by atoms with Crippen molar-refractivity contribution in [2.75, 3.05) is 0 Å². The average Bonchev–Trinajstić information content (AvgIpc) is 2.90. The van der Waals surface area contributed by atoms with Crippen molar-refractivity contribution in [1.82, 2.24) is 10.3 Å². The maximum Gasteiger partial charge on any atom is 0.252 e. The first-order valence-corrected chi connectivity index (χ1v) is 7.64. The standard InChI is InChI=1S/C18H22N2O/c1-4-7-13-12(2)11-19-16(13)10-14-15-8-5-6-9-18(15,3)20-17(14)21/h5-6,8,10-11,19H,4,7,9H2,1-3H3,(H,20,21)/b14-10-. The molecule has 110 valence electrons. The van der Waals surface area contributed by atoms with E-state index in [-0.39, 0.29) is 11.4 Å². The molecule has 1 atom stereocenters. The Morgan fingerprint density at radius 3 is 3.00 bits per heavy atom. The molecule has 21 heavy (non-hydrogen) atoms. The van der Waals surface area contributed by atoms with Gasteiger partial charge in [-0.1, -0.05) is 31.6 Å². The van der Waals surface area contributed by atoms with Crippen LogP contribution >= 0.6 is 0 Å². The highest BCUT2D eigenvalue weighted by molar-refractivity contribution is 6.07. The number of nitrogens with one attached hydrogen (secondary N) is 2. The molecule has 3 rings (SSSR count). The third-order valence-electron chi connectivity index (χ3n) is 4.48. The minimum atomic E-state index is -0.246. The summed E-state index contributed by atoms with van der Waals surface area (Å²) in [7, 11) is 0. The van der Waals surface area contributed by atoms with Gasteiger partial charge in [-0.25, -0.2) is 0 Å². The van der Waals surface area contributed by atoms with E-state index in [9.17, 15) is 4.79 Å². The predicted octanol–water partition coefficient (Wildman–Crippen LogP) is 3.43. The van der Waals surface area contributed by atoms with Gasteiger partial charge in [-0.05, 0) is 49.5 Å². The van der Waals surface area contributed by atoms with Crippen molar-refractivity contribution in [2.24, 2.45) is 0 Å². The van der Waals surface area contributed by atoms with Crippen LogP contribution in [0.2, 0.25) is 0 Å². The van der Waals surface area contributed by atoms with Gasteiger partial charge in [-0.2, -0.15) is 0 Å². The Morgan fingerprint density at radius 1 is 1.43 bits per heavy atom.